The number of hydrogen-bond acceptors (Lipinski definition) is 4. The Labute approximate surface area is 138 Å². The van der Waals surface area contributed by atoms with E-state index in [0.717, 1.165) is 19.4 Å². The Morgan fingerprint density at radius 3 is 2.59 bits per heavy atom. The SMILES string of the molecule is Cl.O=C(CC1COCCN1)NCCC(=O)NC1CCCCC1. The van der Waals surface area contributed by atoms with Crippen molar-refractivity contribution in [1.29, 1.82) is 0 Å². The topological polar surface area (TPSA) is 79.5 Å². The minimum absolute atomic E-state index is 0. The van der Waals surface area contributed by atoms with Crippen molar-refractivity contribution in [3.8, 4) is 0 Å². The van der Waals surface area contributed by atoms with Crippen LogP contribution in [0.3, 0.4) is 0 Å². The second-order valence-electron chi connectivity index (χ2n) is 5.93. The van der Waals surface area contributed by atoms with Gasteiger partial charge in [0.2, 0.25) is 11.8 Å². The third-order valence-corrected chi connectivity index (χ3v) is 4.07. The molecule has 7 heteroatoms. The lowest BCUT2D eigenvalue weighted by Gasteiger charge is -2.23. The summed E-state index contributed by atoms with van der Waals surface area (Å²) in [5.41, 5.74) is 0. The van der Waals surface area contributed by atoms with Gasteiger partial charge in [0.1, 0.15) is 0 Å². The summed E-state index contributed by atoms with van der Waals surface area (Å²) in [5, 5.41) is 9.09. The van der Waals surface area contributed by atoms with Crippen LogP contribution in [0.2, 0.25) is 0 Å². The van der Waals surface area contributed by atoms with Gasteiger partial charge in [-0.05, 0) is 12.8 Å². The Balaban J connectivity index is 0.00000242. The molecule has 128 valence electrons. The minimum atomic E-state index is -0.0246. The fraction of sp³-hybridized carbons (Fsp3) is 0.867. The number of halogens is 1. The van der Waals surface area contributed by atoms with Gasteiger partial charge in [0, 0.05) is 38.0 Å². The van der Waals surface area contributed by atoms with Crippen molar-refractivity contribution in [3.63, 3.8) is 0 Å². The van der Waals surface area contributed by atoms with Crippen LogP contribution in [0.1, 0.15) is 44.9 Å². The van der Waals surface area contributed by atoms with E-state index in [-0.39, 0.29) is 30.3 Å². The standard InChI is InChI=1S/C15H27N3O3.ClH/c19-14(18-12-4-2-1-3-5-12)6-7-17-15(20)10-13-11-21-9-8-16-13;/h12-13,16H,1-11H2,(H,17,20)(H,18,19);1H. The highest BCUT2D eigenvalue weighted by Crippen LogP contribution is 2.17. The van der Waals surface area contributed by atoms with Gasteiger partial charge in [-0.3, -0.25) is 9.59 Å². The van der Waals surface area contributed by atoms with Crippen LogP contribution in [0.15, 0.2) is 0 Å². The molecule has 2 fully saturated rings. The molecule has 0 aromatic heterocycles. The molecule has 1 saturated heterocycles. The molecule has 1 saturated carbocycles. The number of nitrogens with one attached hydrogen (secondary N) is 3. The van der Waals surface area contributed by atoms with E-state index in [2.05, 4.69) is 16.0 Å². The molecule has 0 aromatic carbocycles. The summed E-state index contributed by atoms with van der Waals surface area (Å²) < 4.78 is 5.30. The maximum atomic E-state index is 11.8. The lowest BCUT2D eigenvalue weighted by atomic mass is 9.95. The first-order valence-electron chi connectivity index (χ1n) is 8.11. The summed E-state index contributed by atoms with van der Waals surface area (Å²) in [6.45, 7) is 2.49. The number of rotatable bonds is 6. The maximum absolute atomic E-state index is 11.8. The van der Waals surface area contributed by atoms with E-state index in [1.54, 1.807) is 0 Å². The third kappa shape index (κ3) is 7.42. The van der Waals surface area contributed by atoms with E-state index in [1.807, 2.05) is 0 Å². The van der Waals surface area contributed by atoms with Crippen LogP contribution < -0.4 is 16.0 Å². The van der Waals surface area contributed by atoms with E-state index in [0.29, 0.717) is 38.6 Å². The average molecular weight is 334 g/mol. The summed E-state index contributed by atoms with van der Waals surface area (Å²) in [6.07, 6.45) is 6.63. The first kappa shape index (κ1) is 19.2. The van der Waals surface area contributed by atoms with Crippen molar-refractivity contribution in [2.75, 3.05) is 26.3 Å². The molecular weight excluding hydrogens is 306 g/mol. The number of ether oxygens (including phenoxy) is 1. The summed E-state index contributed by atoms with van der Waals surface area (Å²) in [6, 6.07) is 0.431. The number of carbonyl (C=O) groups excluding carboxylic acids is 2. The fourth-order valence-electron chi connectivity index (χ4n) is 2.91. The zero-order valence-electron chi connectivity index (χ0n) is 13.1. The molecule has 2 aliphatic rings. The largest absolute Gasteiger partial charge is 0.378 e. The van der Waals surface area contributed by atoms with Gasteiger partial charge >= 0.3 is 0 Å². The molecule has 0 aromatic rings. The van der Waals surface area contributed by atoms with Gasteiger partial charge in [-0.25, -0.2) is 0 Å². The van der Waals surface area contributed by atoms with Crippen LogP contribution >= 0.6 is 12.4 Å². The molecule has 3 N–H and O–H groups in total. The average Bonchev–Trinajstić information content (AvgIpc) is 2.49. The van der Waals surface area contributed by atoms with E-state index >= 15 is 0 Å². The van der Waals surface area contributed by atoms with Crippen LogP contribution in [0.25, 0.3) is 0 Å². The highest BCUT2D eigenvalue weighted by molar-refractivity contribution is 5.85. The monoisotopic (exact) mass is 333 g/mol. The Morgan fingerprint density at radius 1 is 1.14 bits per heavy atom. The smallest absolute Gasteiger partial charge is 0.221 e. The van der Waals surface area contributed by atoms with E-state index < -0.39 is 0 Å². The molecular formula is C15H28ClN3O3. The van der Waals surface area contributed by atoms with Gasteiger partial charge in [-0.15, -0.1) is 12.4 Å². The lowest BCUT2D eigenvalue weighted by Crippen LogP contribution is -2.44. The van der Waals surface area contributed by atoms with Crippen LogP contribution in [0.4, 0.5) is 0 Å². The minimum Gasteiger partial charge on any atom is -0.378 e. The highest BCUT2D eigenvalue weighted by Gasteiger charge is 2.18. The molecule has 22 heavy (non-hydrogen) atoms. The molecule has 0 bridgehead atoms. The third-order valence-electron chi connectivity index (χ3n) is 4.07. The molecule has 1 atom stereocenters. The molecule has 2 amide bonds. The van der Waals surface area contributed by atoms with Crippen LogP contribution in [0.5, 0.6) is 0 Å². The zero-order valence-corrected chi connectivity index (χ0v) is 13.9. The van der Waals surface area contributed by atoms with Gasteiger partial charge in [0.05, 0.1) is 13.2 Å². The van der Waals surface area contributed by atoms with Gasteiger partial charge in [-0.2, -0.15) is 0 Å². The summed E-state index contributed by atoms with van der Waals surface area (Å²) in [7, 11) is 0. The molecule has 1 aliphatic heterocycles. The second-order valence-corrected chi connectivity index (χ2v) is 5.93. The van der Waals surface area contributed by atoms with Gasteiger partial charge in [-0.1, -0.05) is 19.3 Å². The quantitative estimate of drug-likeness (QED) is 0.670. The van der Waals surface area contributed by atoms with Crippen LogP contribution in [-0.2, 0) is 14.3 Å². The Kier molecular flexibility index (Phi) is 9.43. The van der Waals surface area contributed by atoms with Crippen molar-refractivity contribution in [2.24, 2.45) is 0 Å². The lowest BCUT2D eigenvalue weighted by molar-refractivity contribution is -0.123. The van der Waals surface area contributed by atoms with Crippen molar-refractivity contribution < 1.29 is 14.3 Å². The molecule has 0 radical (unpaired) electrons. The first-order chi connectivity index (χ1) is 10.2. The molecule has 1 heterocycles. The molecule has 1 aliphatic carbocycles. The van der Waals surface area contributed by atoms with Crippen LogP contribution in [0, 0.1) is 0 Å². The number of hydrogen-bond donors (Lipinski definition) is 3. The summed E-state index contributed by atoms with van der Waals surface area (Å²) in [5.74, 6) is 0.0183. The summed E-state index contributed by atoms with van der Waals surface area (Å²) >= 11 is 0. The number of morpholine rings is 1. The van der Waals surface area contributed by atoms with Crippen molar-refractivity contribution in [2.45, 2.75) is 57.0 Å². The van der Waals surface area contributed by atoms with Crippen LogP contribution in [-0.4, -0.2) is 50.2 Å². The van der Waals surface area contributed by atoms with Crippen molar-refractivity contribution in [3.05, 3.63) is 0 Å². The molecule has 2 rings (SSSR count). The summed E-state index contributed by atoms with van der Waals surface area (Å²) in [4.78, 5) is 23.5. The van der Waals surface area contributed by atoms with Gasteiger partial charge in [0.25, 0.3) is 0 Å². The zero-order chi connectivity index (χ0) is 14.9. The molecule has 6 nitrogen and oxygen atoms in total. The predicted octanol–water partition coefficient (Wildman–Crippen LogP) is 0.742. The molecule has 0 spiro atoms. The fourth-order valence-corrected chi connectivity index (χ4v) is 2.91. The Bertz CT molecular complexity index is 311. The van der Waals surface area contributed by atoms with E-state index in [9.17, 15) is 9.59 Å². The highest BCUT2D eigenvalue weighted by atomic mass is 35.5. The maximum Gasteiger partial charge on any atom is 0.221 e. The first-order valence-corrected chi connectivity index (χ1v) is 8.11. The number of carbonyl (C=O) groups is 2. The van der Waals surface area contributed by atoms with E-state index in [4.69, 9.17) is 4.74 Å². The van der Waals surface area contributed by atoms with Gasteiger partial charge in [0.15, 0.2) is 0 Å². The Hall–Kier alpha value is -0.850. The van der Waals surface area contributed by atoms with E-state index in [1.165, 1.54) is 19.3 Å². The molecule has 1 unspecified atom stereocenters. The van der Waals surface area contributed by atoms with Crippen molar-refractivity contribution in [1.82, 2.24) is 16.0 Å². The second kappa shape index (κ2) is 10.8. The normalized spacial score (nSPS) is 22.5. The Morgan fingerprint density at radius 2 is 1.91 bits per heavy atom. The number of amides is 2. The predicted molar refractivity (Wildman–Crippen MR) is 87.1 cm³/mol. The van der Waals surface area contributed by atoms with Gasteiger partial charge < -0.3 is 20.7 Å². The van der Waals surface area contributed by atoms with Crippen molar-refractivity contribution >= 4 is 24.2 Å².